The van der Waals surface area contributed by atoms with E-state index in [2.05, 4.69) is 5.32 Å². The fourth-order valence-electron chi connectivity index (χ4n) is 2.21. The van der Waals surface area contributed by atoms with Crippen LogP contribution in [0.3, 0.4) is 0 Å². The largest absolute Gasteiger partial charge is 0.493 e. The Kier molecular flexibility index (Phi) is 7.16. The Labute approximate surface area is 157 Å². The number of hydrogen-bond donors (Lipinski definition) is 1. The summed E-state index contributed by atoms with van der Waals surface area (Å²) in [5.41, 5.74) is 1.86. The summed E-state index contributed by atoms with van der Waals surface area (Å²) >= 11 is 11.8. The van der Waals surface area contributed by atoms with E-state index in [1.807, 2.05) is 18.2 Å². The molecule has 0 fully saturated rings. The van der Waals surface area contributed by atoms with Crippen molar-refractivity contribution < 1.29 is 14.3 Å². The fraction of sp³-hybridized carbons (Fsp3) is 0.211. The number of nitrogens with one attached hydrogen (secondary N) is 1. The lowest BCUT2D eigenvalue weighted by atomic mass is 10.1. The van der Waals surface area contributed by atoms with Gasteiger partial charge in [-0.3, -0.25) is 4.79 Å². The first-order valence-electron chi connectivity index (χ1n) is 7.65. The maximum absolute atomic E-state index is 11.9. The van der Waals surface area contributed by atoms with Gasteiger partial charge < -0.3 is 14.8 Å². The van der Waals surface area contributed by atoms with Gasteiger partial charge in [0.25, 0.3) is 0 Å². The van der Waals surface area contributed by atoms with E-state index in [4.69, 9.17) is 32.7 Å². The number of methoxy groups -OCH3 is 2. The van der Waals surface area contributed by atoms with E-state index in [-0.39, 0.29) is 5.91 Å². The van der Waals surface area contributed by atoms with Crippen LogP contribution in [0.4, 0.5) is 0 Å². The van der Waals surface area contributed by atoms with Crippen LogP contribution in [0.25, 0.3) is 6.08 Å². The topological polar surface area (TPSA) is 47.6 Å². The maximum atomic E-state index is 11.9. The Bertz CT molecular complexity index is 775. The minimum atomic E-state index is -0.174. The average molecular weight is 380 g/mol. The first-order valence-corrected chi connectivity index (χ1v) is 8.41. The summed E-state index contributed by atoms with van der Waals surface area (Å²) in [5, 5.41) is 3.78. The molecule has 2 aromatic rings. The molecule has 0 spiro atoms. The number of halogens is 2. The third-order valence-electron chi connectivity index (χ3n) is 3.53. The van der Waals surface area contributed by atoms with Crippen LogP contribution in [0.5, 0.6) is 11.5 Å². The van der Waals surface area contributed by atoms with Gasteiger partial charge in [0.05, 0.1) is 24.3 Å². The molecular weight excluding hydrogens is 361 g/mol. The second kappa shape index (κ2) is 9.35. The van der Waals surface area contributed by atoms with Crippen LogP contribution in [0.1, 0.15) is 11.1 Å². The smallest absolute Gasteiger partial charge is 0.244 e. The summed E-state index contributed by atoms with van der Waals surface area (Å²) < 4.78 is 10.5. The van der Waals surface area contributed by atoms with Gasteiger partial charge >= 0.3 is 0 Å². The molecule has 0 aromatic heterocycles. The van der Waals surface area contributed by atoms with Crippen LogP contribution in [0, 0.1) is 0 Å². The first-order chi connectivity index (χ1) is 12.0. The van der Waals surface area contributed by atoms with E-state index >= 15 is 0 Å². The van der Waals surface area contributed by atoms with Crippen molar-refractivity contribution in [2.24, 2.45) is 0 Å². The fourth-order valence-corrected chi connectivity index (χ4v) is 2.52. The summed E-state index contributed by atoms with van der Waals surface area (Å²) in [6.45, 7) is 0.514. The van der Waals surface area contributed by atoms with Crippen LogP contribution in [-0.2, 0) is 11.2 Å². The van der Waals surface area contributed by atoms with Crippen molar-refractivity contribution in [3.05, 3.63) is 63.6 Å². The zero-order chi connectivity index (χ0) is 18.2. The van der Waals surface area contributed by atoms with E-state index in [0.717, 1.165) is 11.1 Å². The molecule has 0 radical (unpaired) electrons. The Morgan fingerprint density at radius 1 is 1.04 bits per heavy atom. The van der Waals surface area contributed by atoms with E-state index < -0.39 is 0 Å². The number of amides is 1. The molecule has 25 heavy (non-hydrogen) atoms. The molecule has 4 nitrogen and oxygen atoms in total. The zero-order valence-electron chi connectivity index (χ0n) is 14.0. The van der Waals surface area contributed by atoms with E-state index in [9.17, 15) is 4.79 Å². The second-order valence-corrected chi connectivity index (χ2v) is 6.05. The highest BCUT2D eigenvalue weighted by atomic mass is 35.5. The van der Waals surface area contributed by atoms with Gasteiger partial charge in [-0.2, -0.15) is 0 Å². The van der Waals surface area contributed by atoms with Crippen molar-refractivity contribution in [3.8, 4) is 11.5 Å². The normalized spacial score (nSPS) is 10.7. The Morgan fingerprint density at radius 2 is 1.80 bits per heavy atom. The Hall–Kier alpha value is -2.17. The predicted molar refractivity (Wildman–Crippen MR) is 102 cm³/mol. The molecule has 0 unspecified atom stereocenters. The van der Waals surface area contributed by atoms with E-state index in [1.165, 1.54) is 6.08 Å². The third-order valence-corrected chi connectivity index (χ3v) is 4.27. The lowest BCUT2D eigenvalue weighted by Crippen LogP contribution is -2.23. The molecular formula is C19H19Cl2NO3. The van der Waals surface area contributed by atoms with Gasteiger partial charge in [0.2, 0.25) is 5.91 Å². The highest BCUT2D eigenvalue weighted by Gasteiger charge is 2.05. The second-order valence-electron chi connectivity index (χ2n) is 5.24. The number of carbonyl (C=O) groups is 1. The first kappa shape index (κ1) is 19.2. The molecule has 0 saturated heterocycles. The zero-order valence-corrected chi connectivity index (χ0v) is 15.5. The molecule has 0 saturated carbocycles. The summed E-state index contributed by atoms with van der Waals surface area (Å²) in [6, 6.07) is 10.9. The van der Waals surface area contributed by atoms with Gasteiger partial charge in [-0.15, -0.1) is 0 Å². The predicted octanol–water partition coefficient (Wildman–Crippen LogP) is 4.38. The average Bonchev–Trinajstić information content (AvgIpc) is 2.62. The molecule has 0 aliphatic carbocycles. The molecule has 1 amide bonds. The van der Waals surface area contributed by atoms with Crippen molar-refractivity contribution in [2.75, 3.05) is 20.8 Å². The summed E-state index contributed by atoms with van der Waals surface area (Å²) in [4.78, 5) is 11.9. The molecule has 0 heterocycles. The van der Waals surface area contributed by atoms with Crippen molar-refractivity contribution in [1.82, 2.24) is 5.32 Å². The lowest BCUT2D eigenvalue weighted by Gasteiger charge is -2.09. The minimum Gasteiger partial charge on any atom is -0.493 e. The molecule has 0 bridgehead atoms. The molecule has 1 N–H and O–H groups in total. The van der Waals surface area contributed by atoms with Crippen LogP contribution in [0.2, 0.25) is 10.0 Å². The van der Waals surface area contributed by atoms with Crippen LogP contribution < -0.4 is 14.8 Å². The number of ether oxygens (including phenoxy) is 2. The maximum Gasteiger partial charge on any atom is 0.244 e. The molecule has 0 atom stereocenters. The molecule has 0 aliphatic rings. The summed E-state index contributed by atoms with van der Waals surface area (Å²) in [7, 11) is 3.19. The SMILES string of the molecule is COc1ccc(CCNC(=O)C=Cc2ccc(Cl)c(Cl)c2)cc1OC. The van der Waals surface area contributed by atoms with Gasteiger partial charge in [0.15, 0.2) is 11.5 Å². The number of carbonyl (C=O) groups excluding carboxylic acids is 1. The van der Waals surface area contributed by atoms with Crippen molar-refractivity contribution >= 4 is 35.2 Å². The quantitative estimate of drug-likeness (QED) is 0.725. The number of benzene rings is 2. The van der Waals surface area contributed by atoms with Crippen molar-refractivity contribution in [1.29, 1.82) is 0 Å². The standard InChI is InChI=1S/C19H19Cl2NO3/c1-24-17-7-4-14(12-18(17)25-2)9-10-22-19(23)8-5-13-3-6-15(20)16(21)11-13/h3-8,11-12H,9-10H2,1-2H3,(H,22,23). The molecule has 2 rings (SSSR count). The minimum absolute atomic E-state index is 0.174. The van der Waals surface area contributed by atoms with Crippen LogP contribution >= 0.6 is 23.2 Å². The number of rotatable bonds is 7. The lowest BCUT2D eigenvalue weighted by molar-refractivity contribution is -0.116. The summed E-state index contributed by atoms with van der Waals surface area (Å²) in [5.74, 6) is 1.18. The van der Waals surface area contributed by atoms with E-state index in [1.54, 1.807) is 38.5 Å². The van der Waals surface area contributed by atoms with Crippen LogP contribution in [-0.4, -0.2) is 26.7 Å². The highest BCUT2D eigenvalue weighted by molar-refractivity contribution is 6.42. The monoisotopic (exact) mass is 379 g/mol. The Balaban J connectivity index is 1.86. The van der Waals surface area contributed by atoms with Crippen molar-refractivity contribution in [2.45, 2.75) is 6.42 Å². The van der Waals surface area contributed by atoms with Gasteiger partial charge in [0, 0.05) is 12.6 Å². The Morgan fingerprint density at radius 3 is 2.48 bits per heavy atom. The molecule has 132 valence electrons. The molecule has 2 aromatic carbocycles. The summed E-state index contributed by atoms with van der Waals surface area (Å²) in [6.07, 6.45) is 3.84. The third kappa shape index (κ3) is 5.69. The number of hydrogen-bond acceptors (Lipinski definition) is 3. The van der Waals surface area contributed by atoms with Gasteiger partial charge in [-0.1, -0.05) is 35.3 Å². The van der Waals surface area contributed by atoms with Gasteiger partial charge in [0.1, 0.15) is 0 Å². The van der Waals surface area contributed by atoms with Gasteiger partial charge in [-0.05, 0) is 47.9 Å². The molecule has 0 aliphatic heterocycles. The highest BCUT2D eigenvalue weighted by Crippen LogP contribution is 2.27. The van der Waals surface area contributed by atoms with Crippen LogP contribution in [0.15, 0.2) is 42.5 Å². The van der Waals surface area contributed by atoms with Crippen molar-refractivity contribution in [3.63, 3.8) is 0 Å². The van der Waals surface area contributed by atoms with E-state index in [0.29, 0.717) is 34.5 Å². The van der Waals surface area contributed by atoms with Gasteiger partial charge in [-0.25, -0.2) is 0 Å². The molecule has 6 heteroatoms.